The van der Waals surface area contributed by atoms with Crippen molar-refractivity contribution in [1.82, 2.24) is 10.6 Å². The summed E-state index contributed by atoms with van der Waals surface area (Å²) >= 11 is 1.38. The summed E-state index contributed by atoms with van der Waals surface area (Å²) in [6.07, 6.45) is 0.340. The summed E-state index contributed by atoms with van der Waals surface area (Å²) in [6, 6.07) is 13.0. The molecule has 0 aromatic heterocycles. The van der Waals surface area contributed by atoms with E-state index in [1.165, 1.54) is 11.8 Å². The second kappa shape index (κ2) is 9.97. The number of carboxylic acids is 1. The van der Waals surface area contributed by atoms with Crippen molar-refractivity contribution in [2.75, 3.05) is 12.3 Å². The van der Waals surface area contributed by atoms with E-state index >= 15 is 0 Å². The maximum Gasteiger partial charge on any atom is 0.326 e. The molecule has 0 heterocycles. The minimum absolute atomic E-state index is 0.138. The Hall–Kier alpha value is -2.54. The van der Waals surface area contributed by atoms with Gasteiger partial charge in [-0.1, -0.05) is 44.2 Å². The van der Waals surface area contributed by atoms with Crippen LogP contribution in [-0.4, -0.2) is 41.2 Å². The number of carbonyl (C=O) groups is 3. The number of rotatable bonds is 9. The predicted octanol–water partition coefficient (Wildman–Crippen LogP) is 2.66. The Bertz CT molecular complexity index is 822. The smallest absolute Gasteiger partial charge is 0.326 e. The van der Waals surface area contributed by atoms with Gasteiger partial charge in [-0.15, -0.1) is 11.8 Å². The zero-order valence-electron chi connectivity index (χ0n) is 15.4. The first kappa shape index (κ1) is 20.8. The second-order valence-corrected chi connectivity index (χ2v) is 7.71. The molecule has 2 rings (SSSR count). The number of carboxylic acid groups (broad SMARTS) is 1. The highest BCUT2D eigenvalue weighted by Gasteiger charge is 2.21. The Balaban J connectivity index is 1.77. The van der Waals surface area contributed by atoms with E-state index in [0.717, 1.165) is 15.7 Å². The normalized spacial score (nSPS) is 12.0. The maximum atomic E-state index is 12.0. The fourth-order valence-electron chi connectivity index (χ4n) is 2.57. The van der Waals surface area contributed by atoms with Crippen LogP contribution in [0.3, 0.4) is 0 Å². The minimum atomic E-state index is -1.07. The molecule has 0 aliphatic carbocycles. The topological polar surface area (TPSA) is 95.5 Å². The van der Waals surface area contributed by atoms with Crippen LogP contribution in [0.15, 0.2) is 47.4 Å². The van der Waals surface area contributed by atoms with Gasteiger partial charge in [-0.25, -0.2) is 4.79 Å². The Morgan fingerprint density at radius 2 is 1.74 bits per heavy atom. The maximum absolute atomic E-state index is 12.0. The van der Waals surface area contributed by atoms with E-state index < -0.39 is 17.9 Å². The van der Waals surface area contributed by atoms with E-state index in [-0.39, 0.29) is 24.1 Å². The van der Waals surface area contributed by atoms with Crippen molar-refractivity contribution in [2.24, 2.45) is 5.92 Å². The van der Waals surface area contributed by atoms with Gasteiger partial charge in [-0.05, 0) is 35.2 Å². The predicted molar refractivity (Wildman–Crippen MR) is 107 cm³/mol. The van der Waals surface area contributed by atoms with Gasteiger partial charge in [-0.2, -0.15) is 0 Å². The lowest BCUT2D eigenvalue weighted by atomic mass is 10.0. The summed E-state index contributed by atoms with van der Waals surface area (Å²) < 4.78 is 0. The molecule has 0 unspecified atom stereocenters. The Morgan fingerprint density at radius 3 is 2.41 bits per heavy atom. The van der Waals surface area contributed by atoms with Crippen molar-refractivity contribution in [3.63, 3.8) is 0 Å². The summed E-state index contributed by atoms with van der Waals surface area (Å²) in [7, 11) is 0. The van der Waals surface area contributed by atoms with Crippen molar-refractivity contribution in [3.05, 3.63) is 42.5 Å². The quantitative estimate of drug-likeness (QED) is 0.574. The van der Waals surface area contributed by atoms with E-state index in [9.17, 15) is 14.4 Å². The van der Waals surface area contributed by atoms with Crippen molar-refractivity contribution < 1.29 is 19.5 Å². The molecular weight excluding hydrogens is 364 g/mol. The van der Waals surface area contributed by atoms with Crippen molar-refractivity contribution in [2.45, 2.75) is 31.2 Å². The number of hydrogen-bond acceptors (Lipinski definition) is 4. The minimum Gasteiger partial charge on any atom is -0.480 e. The molecule has 0 spiro atoms. The van der Waals surface area contributed by atoms with Gasteiger partial charge >= 0.3 is 5.97 Å². The van der Waals surface area contributed by atoms with Crippen LogP contribution in [0.25, 0.3) is 10.8 Å². The molecule has 2 aromatic rings. The molecule has 2 aromatic carbocycles. The fourth-order valence-corrected chi connectivity index (χ4v) is 3.35. The van der Waals surface area contributed by atoms with E-state index in [1.54, 1.807) is 0 Å². The lowest BCUT2D eigenvalue weighted by Crippen LogP contribution is -2.46. The number of amides is 2. The van der Waals surface area contributed by atoms with Crippen LogP contribution in [0.2, 0.25) is 0 Å². The number of aliphatic carboxylic acids is 1. The second-order valence-electron chi connectivity index (χ2n) is 6.66. The average Bonchev–Trinajstić information content (AvgIpc) is 2.63. The third kappa shape index (κ3) is 6.94. The fraction of sp³-hybridized carbons (Fsp3) is 0.350. The molecule has 1 atom stereocenters. The molecular formula is C20H24N2O4S. The van der Waals surface area contributed by atoms with Gasteiger partial charge < -0.3 is 15.7 Å². The highest BCUT2D eigenvalue weighted by atomic mass is 32.2. The number of benzene rings is 2. The molecule has 2 amide bonds. The first-order valence-electron chi connectivity index (χ1n) is 8.75. The van der Waals surface area contributed by atoms with Crippen LogP contribution in [0.5, 0.6) is 0 Å². The number of thioether (sulfide) groups is 1. The molecule has 0 saturated heterocycles. The first-order chi connectivity index (χ1) is 12.8. The van der Waals surface area contributed by atoms with Gasteiger partial charge in [-0.3, -0.25) is 9.59 Å². The average molecular weight is 388 g/mol. The molecule has 7 heteroatoms. The largest absolute Gasteiger partial charge is 0.480 e. The monoisotopic (exact) mass is 388 g/mol. The van der Waals surface area contributed by atoms with Gasteiger partial charge in [0.2, 0.25) is 11.8 Å². The van der Waals surface area contributed by atoms with Crippen molar-refractivity contribution in [1.29, 1.82) is 0 Å². The van der Waals surface area contributed by atoms with Crippen LogP contribution in [0, 0.1) is 5.92 Å². The first-order valence-corrected chi connectivity index (χ1v) is 9.74. The number of fused-ring (bicyclic) bond motifs is 1. The van der Waals surface area contributed by atoms with Gasteiger partial charge in [0.15, 0.2) is 0 Å². The van der Waals surface area contributed by atoms with Crippen LogP contribution >= 0.6 is 11.8 Å². The molecule has 0 fully saturated rings. The van der Waals surface area contributed by atoms with Crippen LogP contribution < -0.4 is 10.6 Å². The third-order valence-electron chi connectivity index (χ3n) is 3.88. The number of carbonyl (C=O) groups excluding carboxylic acids is 2. The van der Waals surface area contributed by atoms with Crippen LogP contribution in [-0.2, 0) is 14.4 Å². The zero-order chi connectivity index (χ0) is 19.8. The summed E-state index contributed by atoms with van der Waals surface area (Å²) in [5.41, 5.74) is 0. The SMILES string of the molecule is CC(C)C[C@H](NC(=O)CNC(=O)CSc1ccc2ccccc2c1)C(=O)O. The molecule has 0 aliphatic heterocycles. The van der Waals surface area contributed by atoms with E-state index in [0.29, 0.717) is 6.42 Å². The Morgan fingerprint density at radius 1 is 1.04 bits per heavy atom. The van der Waals surface area contributed by atoms with E-state index in [2.05, 4.69) is 10.6 Å². The standard InChI is InChI=1S/C20H24N2O4S/c1-13(2)9-17(20(25)26)22-18(23)11-21-19(24)12-27-16-8-7-14-5-3-4-6-15(14)10-16/h3-8,10,13,17H,9,11-12H2,1-2H3,(H,21,24)(H,22,23)(H,25,26)/t17-/m0/s1. The summed E-state index contributed by atoms with van der Waals surface area (Å²) in [6.45, 7) is 3.53. The third-order valence-corrected chi connectivity index (χ3v) is 4.87. The zero-order valence-corrected chi connectivity index (χ0v) is 16.2. The molecule has 3 N–H and O–H groups in total. The lowest BCUT2D eigenvalue weighted by molar-refractivity contribution is -0.142. The van der Waals surface area contributed by atoms with Gasteiger partial charge in [0.1, 0.15) is 6.04 Å². The Labute approximate surface area is 162 Å². The highest BCUT2D eigenvalue weighted by Crippen LogP contribution is 2.23. The van der Waals surface area contributed by atoms with Gasteiger partial charge in [0.25, 0.3) is 0 Å². The molecule has 0 bridgehead atoms. The van der Waals surface area contributed by atoms with Crippen molar-refractivity contribution >= 4 is 40.3 Å². The summed E-state index contributed by atoms with van der Waals surface area (Å²) in [5.74, 6) is -1.54. The molecule has 0 radical (unpaired) electrons. The summed E-state index contributed by atoms with van der Waals surface area (Å²) in [5, 5.41) is 16.3. The highest BCUT2D eigenvalue weighted by molar-refractivity contribution is 8.00. The molecule has 6 nitrogen and oxygen atoms in total. The molecule has 27 heavy (non-hydrogen) atoms. The molecule has 0 saturated carbocycles. The lowest BCUT2D eigenvalue weighted by Gasteiger charge is -2.16. The van der Waals surface area contributed by atoms with Crippen LogP contribution in [0.1, 0.15) is 20.3 Å². The molecule has 144 valence electrons. The summed E-state index contributed by atoms with van der Waals surface area (Å²) in [4.78, 5) is 35.9. The number of hydrogen-bond donors (Lipinski definition) is 3. The van der Waals surface area contributed by atoms with E-state index in [1.807, 2.05) is 56.3 Å². The van der Waals surface area contributed by atoms with Gasteiger partial charge in [0, 0.05) is 4.90 Å². The molecule has 0 aliphatic rings. The van der Waals surface area contributed by atoms with Crippen molar-refractivity contribution in [3.8, 4) is 0 Å². The van der Waals surface area contributed by atoms with Gasteiger partial charge in [0.05, 0.1) is 12.3 Å². The van der Waals surface area contributed by atoms with E-state index in [4.69, 9.17) is 5.11 Å². The van der Waals surface area contributed by atoms with Crippen LogP contribution in [0.4, 0.5) is 0 Å². The Kier molecular flexibility index (Phi) is 7.67. The number of nitrogens with one attached hydrogen (secondary N) is 2.